The Morgan fingerprint density at radius 1 is 1.55 bits per heavy atom. The van der Waals surface area contributed by atoms with Crippen LogP contribution in [-0.4, -0.2) is 12.2 Å². The summed E-state index contributed by atoms with van der Waals surface area (Å²) in [5, 5.41) is 9.06. The summed E-state index contributed by atoms with van der Waals surface area (Å²) in [4.78, 5) is 0. The lowest BCUT2D eigenvalue weighted by atomic mass is 10.3. The predicted octanol–water partition coefficient (Wildman–Crippen LogP) is 2.30. The molecule has 0 bridgehead atoms. The number of halogens is 2. The van der Waals surface area contributed by atoms with E-state index in [1.165, 1.54) is 13.2 Å². The van der Waals surface area contributed by atoms with Crippen molar-refractivity contribution in [3.05, 3.63) is 22.4 Å². The highest BCUT2D eigenvalue weighted by atomic mass is 79.9. The number of phenolic OH excluding ortho intramolecular Hbond substituents is 1. The SMILES string of the molecule is COc1c(F)ccc(O)c1Br. The smallest absolute Gasteiger partial charge is 0.172 e. The fourth-order valence-electron chi connectivity index (χ4n) is 0.709. The lowest BCUT2D eigenvalue weighted by Gasteiger charge is -2.04. The van der Waals surface area contributed by atoms with Gasteiger partial charge in [0.15, 0.2) is 11.6 Å². The van der Waals surface area contributed by atoms with Crippen molar-refractivity contribution in [2.45, 2.75) is 0 Å². The van der Waals surface area contributed by atoms with Crippen LogP contribution in [0.2, 0.25) is 0 Å². The molecule has 0 radical (unpaired) electrons. The van der Waals surface area contributed by atoms with Crippen molar-refractivity contribution in [2.24, 2.45) is 0 Å². The quantitative estimate of drug-likeness (QED) is 0.788. The minimum atomic E-state index is -0.503. The first-order valence-electron chi connectivity index (χ1n) is 2.87. The summed E-state index contributed by atoms with van der Waals surface area (Å²) in [5.41, 5.74) is 0. The van der Waals surface area contributed by atoms with Gasteiger partial charge in [0.05, 0.1) is 7.11 Å². The first kappa shape index (κ1) is 8.33. The van der Waals surface area contributed by atoms with Crippen molar-refractivity contribution in [3.63, 3.8) is 0 Å². The van der Waals surface area contributed by atoms with Crippen molar-refractivity contribution < 1.29 is 14.2 Å². The first-order chi connectivity index (χ1) is 5.16. The van der Waals surface area contributed by atoms with E-state index in [4.69, 9.17) is 5.11 Å². The molecule has 0 amide bonds. The van der Waals surface area contributed by atoms with Gasteiger partial charge in [-0.1, -0.05) is 0 Å². The van der Waals surface area contributed by atoms with Crippen LogP contribution in [0.3, 0.4) is 0 Å². The van der Waals surface area contributed by atoms with E-state index in [0.717, 1.165) is 6.07 Å². The van der Waals surface area contributed by atoms with Crippen LogP contribution in [0.4, 0.5) is 4.39 Å². The molecule has 0 saturated heterocycles. The van der Waals surface area contributed by atoms with Crippen LogP contribution in [0, 0.1) is 5.82 Å². The van der Waals surface area contributed by atoms with Crippen molar-refractivity contribution >= 4 is 15.9 Å². The molecule has 0 heterocycles. The molecule has 1 N–H and O–H groups in total. The van der Waals surface area contributed by atoms with Gasteiger partial charge in [-0.2, -0.15) is 0 Å². The maximum atomic E-state index is 12.8. The average molecular weight is 221 g/mol. The number of ether oxygens (including phenoxy) is 1. The van der Waals surface area contributed by atoms with Gasteiger partial charge in [-0.25, -0.2) is 4.39 Å². The zero-order chi connectivity index (χ0) is 8.43. The van der Waals surface area contributed by atoms with Gasteiger partial charge in [-0.05, 0) is 28.1 Å². The molecule has 0 aliphatic carbocycles. The van der Waals surface area contributed by atoms with Gasteiger partial charge < -0.3 is 9.84 Å². The summed E-state index contributed by atoms with van der Waals surface area (Å²) in [7, 11) is 1.34. The molecule has 0 spiro atoms. The predicted molar refractivity (Wildman–Crippen MR) is 42.3 cm³/mol. The van der Waals surface area contributed by atoms with Crippen LogP contribution in [0.5, 0.6) is 11.5 Å². The first-order valence-corrected chi connectivity index (χ1v) is 3.67. The minimum absolute atomic E-state index is 0.0185. The molecule has 0 aliphatic rings. The van der Waals surface area contributed by atoms with Gasteiger partial charge in [-0.15, -0.1) is 0 Å². The van der Waals surface area contributed by atoms with Gasteiger partial charge >= 0.3 is 0 Å². The molecular weight excluding hydrogens is 215 g/mol. The molecule has 0 atom stereocenters. The summed E-state index contributed by atoms with van der Waals surface area (Å²) < 4.78 is 17.7. The zero-order valence-corrected chi connectivity index (χ0v) is 7.35. The highest BCUT2D eigenvalue weighted by molar-refractivity contribution is 9.10. The number of aromatic hydroxyl groups is 1. The van der Waals surface area contributed by atoms with Crippen LogP contribution in [0.15, 0.2) is 16.6 Å². The van der Waals surface area contributed by atoms with Crippen molar-refractivity contribution in [3.8, 4) is 11.5 Å². The monoisotopic (exact) mass is 220 g/mol. The van der Waals surface area contributed by atoms with E-state index < -0.39 is 5.82 Å². The Labute approximate surface area is 71.7 Å². The normalized spacial score (nSPS) is 9.73. The van der Waals surface area contributed by atoms with Gasteiger partial charge in [0.2, 0.25) is 0 Å². The van der Waals surface area contributed by atoms with Gasteiger partial charge in [0.1, 0.15) is 10.2 Å². The number of hydrogen-bond donors (Lipinski definition) is 1. The molecular formula is C7H6BrFO2. The van der Waals surface area contributed by atoms with Crippen LogP contribution in [-0.2, 0) is 0 Å². The Kier molecular flexibility index (Phi) is 2.34. The van der Waals surface area contributed by atoms with Crippen LogP contribution in [0.1, 0.15) is 0 Å². The highest BCUT2D eigenvalue weighted by Crippen LogP contribution is 2.35. The molecule has 0 saturated carbocycles. The van der Waals surface area contributed by atoms with E-state index >= 15 is 0 Å². The average Bonchev–Trinajstić information content (AvgIpc) is 1.99. The molecule has 60 valence electrons. The van der Waals surface area contributed by atoms with Crippen LogP contribution < -0.4 is 4.74 Å². The second-order valence-electron chi connectivity index (χ2n) is 1.91. The fraction of sp³-hybridized carbons (Fsp3) is 0.143. The molecule has 1 rings (SSSR count). The number of methoxy groups -OCH3 is 1. The summed E-state index contributed by atoms with van der Waals surface area (Å²) in [6.45, 7) is 0. The van der Waals surface area contributed by atoms with Gasteiger partial charge in [0.25, 0.3) is 0 Å². The molecule has 0 aromatic heterocycles. The minimum Gasteiger partial charge on any atom is -0.507 e. The van der Waals surface area contributed by atoms with E-state index in [1.54, 1.807) is 0 Å². The summed E-state index contributed by atoms with van der Waals surface area (Å²) in [6.07, 6.45) is 0. The van der Waals surface area contributed by atoms with Crippen molar-refractivity contribution in [1.82, 2.24) is 0 Å². The summed E-state index contributed by atoms with van der Waals surface area (Å²) >= 11 is 2.98. The molecule has 0 aliphatic heterocycles. The molecule has 11 heavy (non-hydrogen) atoms. The van der Waals surface area contributed by atoms with E-state index in [0.29, 0.717) is 0 Å². The Morgan fingerprint density at radius 2 is 2.18 bits per heavy atom. The number of phenols is 1. The number of benzene rings is 1. The number of hydrogen-bond acceptors (Lipinski definition) is 2. The molecule has 1 aromatic carbocycles. The largest absolute Gasteiger partial charge is 0.507 e. The molecule has 0 unspecified atom stereocenters. The Balaban J connectivity index is 3.29. The third kappa shape index (κ3) is 1.45. The van der Waals surface area contributed by atoms with E-state index in [1.807, 2.05) is 0 Å². The standard InChI is InChI=1S/C7H6BrFO2/c1-11-7-4(9)2-3-5(10)6(7)8/h2-3,10H,1H3. The van der Waals surface area contributed by atoms with Crippen LogP contribution >= 0.6 is 15.9 Å². The zero-order valence-electron chi connectivity index (χ0n) is 5.77. The van der Waals surface area contributed by atoms with E-state index in [2.05, 4.69) is 20.7 Å². The third-order valence-electron chi connectivity index (χ3n) is 1.23. The maximum absolute atomic E-state index is 12.8. The third-order valence-corrected chi connectivity index (χ3v) is 2.00. The number of rotatable bonds is 1. The van der Waals surface area contributed by atoms with E-state index in [9.17, 15) is 4.39 Å². The summed E-state index contributed by atoms with van der Waals surface area (Å²) in [6, 6.07) is 2.39. The lowest BCUT2D eigenvalue weighted by Crippen LogP contribution is -1.88. The van der Waals surface area contributed by atoms with Crippen molar-refractivity contribution in [1.29, 1.82) is 0 Å². The van der Waals surface area contributed by atoms with Crippen molar-refractivity contribution in [2.75, 3.05) is 7.11 Å². The molecule has 1 aromatic rings. The van der Waals surface area contributed by atoms with Crippen LogP contribution in [0.25, 0.3) is 0 Å². The second kappa shape index (κ2) is 3.09. The molecule has 4 heteroatoms. The Morgan fingerprint density at radius 3 is 2.64 bits per heavy atom. The molecule has 0 fully saturated rings. The summed E-state index contributed by atoms with van der Waals surface area (Å²) in [5.74, 6) is -0.523. The van der Waals surface area contributed by atoms with E-state index in [-0.39, 0.29) is 16.0 Å². The topological polar surface area (TPSA) is 29.5 Å². The molecule has 2 nitrogen and oxygen atoms in total. The second-order valence-corrected chi connectivity index (χ2v) is 2.71. The fourth-order valence-corrected chi connectivity index (χ4v) is 1.19. The van der Waals surface area contributed by atoms with Gasteiger partial charge in [-0.3, -0.25) is 0 Å². The lowest BCUT2D eigenvalue weighted by molar-refractivity contribution is 0.376. The van der Waals surface area contributed by atoms with Gasteiger partial charge in [0, 0.05) is 0 Å². The Bertz CT molecular complexity index is 275. The maximum Gasteiger partial charge on any atom is 0.172 e. The Hall–Kier alpha value is -0.770. The highest BCUT2D eigenvalue weighted by Gasteiger charge is 2.10.